The fourth-order valence-electron chi connectivity index (χ4n) is 4.36. The average Bonchev–Trinajstić information content (AvgIpc) is 3.13. The Morgan fingerprint density at radius 1 is 1.14 bits per heavy atom. The number of amides is 1. The van der Waals surface area contributed by atoms with Crippen LogP contribution in [0.25, 0.3) is 5.65 Å². The van der Waals surface area contributed by atoms with E-state index in [1.165, 1.54) is 6.07 Å². The predicted octanol–water partition coefficient (Wildman–Crippen LogP) is 4.25. The van der Waals surface area contributed by atoms with E-state index in [-0.39, 0.29) is 53.8 Å². The molecule has 1 aliphatic rings. The van der Waals surface area contributed by atoms with Crippen LogP contribution in [-0.4, -0.2) is 37.9 Å². The zero-order valence-electron chi connectivity index (χ0n) is 19.4. The lowest BCUT2D eigenvalue weighted by atomic mass is 9.82. The molecule has 0 bridgehead atoms. The minimum atomic E-state index is -0.761. The summed E-state index contributed by atoms with van der Waals surface area (Å²) in [4.78, 5) is 32.9. The summed E-state index contributed by atoms with van der Waals surface area (Å²) in [6.45, 7) is 3.47. The van der Waals surface area contributed by atoms with Crippen LogP contribution in [0.4, 0.5) is 8.78 Å². The number of carbonyl (C=O) groups excluding carboxylic acids is 1. The van der Waals surface area contributed by atoms with Crippen molar-refractivity contribution < 1.29 is 28.2 Å². The molecule has 0 atom stereocenters. The minimum Gasteiger partial charge on any atom is -0.481 e. The van der Waals surface area contributed by atoms with Gasteiger partial charge in [-0.2, -0.15) is 0 Å². The van der Waals surface area contributed by atoms with Gasteiger partial charge in [0.25, 0.3) is 11.8 Å². The van der Waals surface area contributed by atoms with Crippen LogP contribution in [0.3, 0.4) is 0 Å². The van der Waals surface area contributed by atoms with Crippen molar-refractivity contribution in [2.24, 2.45) is 11.8 Å². The van der Waals surface area contributed by atoms with Gasteiger partial charge in [-0.1, -0.05) is 6.07 Å². The molecule has 188 valence electrons. The number of aryl methyl sites for hydroxylation is 2. The maximum atomic E-state index is 14.0. The molecule has 0 spiro atoms. The lowest BCUT2D eigenvalue weighted by molar-refractivity contribution is -0.143. The van der Waals surface area contributed by atoms with Crippen molar-refractivity contribution in [1.29, 1.82) is 0 Å². The molecule has 4 rings (SSSR count). The minimum absolute atomic E-state index is 0. The number of ether oxygens (including phenoxy) is 1. The number of hydrogen-bond acceptors (Lipinski definition) is 5. The SMILES string of the molecule is Cc1cn2c(C(=O)NC[C@H]3CC[C@H](C(=O)O)CC3)c(C)nc2c(OCc2c(F)cccc2F)n1.Cl. The Kier molecular flexibility index (Phi) is 8.26. The lowest BCUT2D eigenvalue weighted by Crippen LogP contribution is -2.33. The molecule has 11 heteroatoms. The highest BCUT2D eigenvalue weighted by molar-refractivity contribution is 5.94. The zero-order chi connectivity index (χ0) is 24.4. The number of fused-ring (bicyclic) bond motifs is 1. The van der Waals surface area contributed by atoms with Crippen LogP contribution in [0.5, 0.6) is 5.88 Å². The fraction of sp³-hybridized carbons (Fsp3) is 0.417. The molecule has 0 aliphatic heterocycles. The second kappa shape index (κ2) is 11.0. The molecular formula is C24H27ClF2N4O4. The van der Waals surface area contributed by atoms with E-state index >= 15 is 0 Å². The molecular weight excluding hydrogens is 482 g/mol. The topological polar surface area (TPSA) is 106 Å². The highest BCUT2D eigenvalue weighted by Crippen LogP contribution is 2.29. The molecule has 1 amide bonds. The molecule has 0 saturated heterocycles. The number of carboxylic acid groups (broad SMARTS) is 1. The van der Waals surface area contributed by atoms with Crippen molar-refractivity contribution in [2.75, 3.05) is 6.54 Å². The van der Waals surface area contributed by atoms with Gasteiger partial charge in [0.05, 0.1) is 22.9 Å². The fourth-order valence-corrected chi connectivity index (χ4v) is 4.36. The second-order valence-electron chi connectivity index (χ2n) is 8.68. The first-order valence-corrected chi connectivity index (χ1v) is 11.2. The Balaban J connectivity index is 0.00000342. The predicted molar refractivity (Wildman–Crippen MR) is 126 cm³/mol. The summed E-state index contributed by atoms with van der Waals surface area (Å²) in [5.41, 5.74) is 1.37. The number of carboxylic acids is 1. The Bertz CT molecular complexity index is 1220. The van der Waals surface area contributed by atoms with Crippen LogP contribution >= 0.6 is 12.4 Å². The zero-order valence-corrected chi connectivity index (χ0v) is 20.2. The number of aliphatic carboxylic acids is 1. The number of rotatable bonds is 7. The second-order valence-corrected chi connectivity index (χ2v) is 8.68. The highest BCUT2D eigenvalue weighted by Gasteiger charge is 2.27. The molecule has 2 N–H and O–H groups in total. The number of hydrogen-bond donors (Lipinski definition) is 2. The van der Waals surface area contributed by atoms with Crippen LogP contribution in [0.2, 0.25) is 0 Å². The van der Waals surface area contributed by atoms with Gasteiger partial charge in [0.2, 0.25) is 5.65 Å². The normalized spacial score (nSPS) is 17.6. The van der Waals surface area contributed by atoms with Gasteiger partial charge in [-0.15, -0.1) is 12.4 Å². The molecule has 1 saturated carbocycles. The van der Waals surface area contributed by atoms with E-state index < -0.39 is 17.6 Å². The van der Waals surface area contributed by atoms with Crippen molar-refractivity contribution in [2.45, 2.75) is 46.1 Å². The van der Waals surface area contributed by atoms with E-state index in [4.69, 9.17) is 9.84 Å². The number of benzene rings is 1. The molecule has 1 aromatic carbocycles. The number of nitrogens with zero attached hydrogens (tertiary/aromatic N) is 3. The Hall–Kier alpha value is -3.27. The summed E-state index contributed by atoms with van der Waals surface area (Å²) in [6.07, 6.45) is 4.37. The maximum absolute atomic E-state index is 14.0. The smallest absolute Gasteiger partial charge is 0.306 e. The van der Waals surface area contributed by atoms with E-state index in [0.717, 1.165) is 25.0 Å². The molecule has 35 heavy (non-hydrogen) atoms. The molecule has 0 radical (unpaired) electrons. The lowest BCUT2D eigenvalue weighted by Gasteiger charge is -2.26. The summed E-state index contributed by atoms with van der Waals surface area (Å²) in [5, 5.41) is 12.1. The molecule has 1 fully saturated rings. The quantitative estimate of drug-likeness (QED) is 0.494. The Morgan fingerprint density at radius 3 is 2.43 bits per heavy atom. The van der Waals surface area contributed by atoms with Gasteiger partial charge in [-0.05, 0) is 57.6 Å². The van der Waals surface area contributed by atoms with Crippen molar-refractivity contribution in [3.63, 3.8) is 0 Å². The molecule has 2 heterocycles. The average molecular weight is 509 g/mol. The van der Waals surface area contributed by atoms with E-state index in [0.29, 0.717) is 36.5 Å². The van der Waals surface area contributed by atoms with Crippen LogP contribution in [-0.2, 0) is 11.4 Å². The van der Waals surface area contributed by atoms with Crippen LogP contribution in [0, 0.1) is 37.3 Å². The van der Waals surface area contributed by atoms with Crippen molar-refractivity contribution >= 4 is 29.9 Å². The van der Waals surface area contributed by atoms with Crippen LogP contribution in [0.1, 0.15) is 53.1 Å². The number of carbonyl (C=O) groups is 2. The Labute approximate surface area is 207 Å². The highest BCUT2D eigenvalue weighted by atomic mass is 35.5. The summed E-state index contributed by atoms with van der Waals surface area (Å²) >= 11 is 0. The number of halogens is 3. The Morgan fingerprint density at radius 2 is 1.80 bits per heavy atom. The monoisotopic (exact) mass is 508 g/mol. The number of imidazole rings is 1. The number of aromatic nitrogens is 3. The summed E-state index contributed by atoms with van der Waals surface area (Å²) < 4.78 is 35.1. The largest absolute Gasteiger partial charge is 0.481 e. The molecule has 0 unspecified atom stereocenters. The summed E-state index contributed by atoms with van der Waals surface area (Å²) in [6, 6.07) is 3.58. The van der Waals surface area contributed by atoms with Crippen LogP contribution < -0.4 is 10.1 Å². The van der Waals surface area contributed by atoms with Crippen molar-refractivity contribution in [3.05, 3.63) is 58.7 Å². The third-order valence-electron chi connectivity index (χ3n) is 6.25. The standard InChI is InChI=1S/C24H26F2N4O4.ClH/c1-13-11-30-20(22(31)27-10-15-6-8-16(9-7-15)24(32)33)14(2)29-21(30)23(28-13)34-12-17-18(25)4-3-5-19(17)26;/h3-5,11,15-16H,6-10,12H2,1-2H3,(H,27,31)(H,32,33);1H/t15-,16-;. The van der Waals surface area contributed by atoms with Gasteiger partial charge in [-0.25, -0.2) is 18.7 Å². The van der Waals surface area contributed by atoms with E-state index in [9.17, 15) is 18.4 Å². The van der Waals surface area contributed by atoms with Crippen molar-refractivity contribution in [3.8, 4) is 5.88 Å². The van der Waals surface area contributed by atoms with Crippen molar-refractivity contribution in [1.82, 2.24) is 19.7 Å². The van der Waals surface area contributed by atoms with Gasteiger partial charge in [0, 0.05) is 12.7 Å². The molecule has 3 aromatic rings. The van der Waals surface area contributed by atoms with E-state index in [2.05, 4.69) is 15.3 Å². The van der Waals surface area contributed by atoms with Gasteiger partial charge in [0.1, 0.15) is 23.9 Å². The third-order valence-corrected chi connectivity index (χ3v) is 6.25. The van der Waals surface area contributed by atoms with Gasteiger partial charge in [-0.3, -0.25) is 14.0 Å². The van der Waals surface area contributed by atoms with Gasteiger partial charge < -0.3 is 15.2 Å². The first-order valence-electron chi connectivity index (χ1n) is 11.2. The van der Waals surface area contributed by atoms with E-state index in [1.807, 2.05) is 0 Å². The first kappa shape index (κ1) is 26.3. The summed E-state index contributed by atoms with van der Waals surface area (Å²) in [5.74, 6) is -2.54. The summed E-state index contributed by atoms with van der Waals surface area (Å²) in [7, 11) is 0. The van der Waals surface area contributed by atoms with E-state index in [1.54, 1.807) is 24.4 Å². The maximum Gasteiger partial charge on any atom is 0.306 e. The van der Waals surface area contributed by atoms with Gasteiger partial charge in [0.15, 0.2) is 0 Å². The first-order chi connectivity index (χ1) is 16.2. The number of nitrogens with one attached hydrogen (secondary N) is 1. The third kappa shape index (κ3) is 5.70. The van der Waals surface area contributed by atoms with Gasteiger partial charge >= 0.3 is 5.97 Å². The molecule has 8 nitrogen and oxygen atoms in total. The molecule has 1 aliphatic carbocycles. The van der Waals surface area contributed by atoms with Crippen LogP contribution in [0.15, 0.2) is 24.4 Å². The molecule has 2 aromatic heterocycles.